The molecule has 0 unspecified atom stereocenters. The van der Waals surface area contributed by atoms with Gasteiger partial charge in [-0.2, -0.15) is 13.2 Å². The molecule has 0 aliphatic heterocycles. The van der Waals surface area contributed by atoms with E-state index >= 15 is 0 Å². The summed E-state index contributed by atoms with van der Waals surface area (Å²) < 4.78 is 40.7. The lowest BCUT2D eigenvalue weighted by Crippen LogP contribution is -2.34. The van der Waals surface area contributed by atoms with Crippen molar-refractivity contribution in [2.45, 2.75) is 33.2 Å². The molecule has 22 heavy (non-hydrogen) atoms. The Balaban J connectivity index is 2.48. The first-order valence-electron chi connectivity index (χ1n) is 7.02. The summed E-state index contributed by atoms with van der Waals surface area (Å²) in [5.74, 6) is 0.815. The van der Waals surface area contributed by atoms with Crippen LogP contribution >= 0.6 is 0 Å². The number of hydrogen-bond acceptors (Lipinski definition) is 2. The van der Waals surface area contributed by atoms with Crippen LogP contribution in [0.4, 0.5) is 13.2 Å². The number of guanidine groups is 1. The molecule has 0 aliphatic carbocycles. The number of nitrogens with one attached hydrogen (secondary N) is 1. The van der Waals surface area contributed by atoms with Crippen molar-refractivity contribution in [3.63, 3.8) is 0 Å². The van der Waals surface area contributed by atoms with Gasteiger partial charge in [0.2, 0.25) is 0 Å². The second kappa shape index (κ2) is 8.63. The highest BCUT2D eigenvalue weighted by atomic mass is 19.4. The highest BCUT2D eigenvalue weighted by Crippen LogP contribution is 2.16. The van der Waals surface area contributed by atoms with Crippen molar-refractivity contribution in [2.75, 3.05) is 13.2 Å². The van der Waals surface area contributed by atoms with Gasteiger partial charge in [0.05, 0.1) is 13.2 Å². The van der Waals surface area contributed by atoms with E-state index in [1.165, 1.54) is 0 Å². The van der Waals surface area contributed by atoms with Crippen LogP contribution in [0.15, 0.2) is 29.3 Å². The molecule has 0 radical (unpaired) electrons. The van der Waals surface area contributed by atoms with E-state index in [4.69, 9.17) is 5.73 Å². The van der Waals surface area contributed by atoms with Gasteiger partial charge in [0, 0.05) is 6.54 Å². The van der Waals surface area contributed by atoms with Gasteiger partial charge in [-0.25, -0.2) is 4.99 Å². The van der Waals surface area contributed by atoms with Crippen molar-refractivity contribution in [2.24, 2.45) is 16.6 Å². The van der Waals surface area contributed by atoms with Crippen LogP contribution in [-0.2, 0) is 17.9 Å². The summed E-state index contributed by atoms with van der Waals surface area (Å²) in [5, 5.41) is 3.00. The van der Waals surface area contributed by atoms with E-state index in [9.17, 15) is 13.2 Å². The van der Waals surface area contributed by atoms with Gasteiger partial charge in [0.15, 0.2) is 5.96 Å². The number of nitrogens with two attached hydrogens (primary N) is 1. The van der Waals surface area contributed by atoms with Crippen molar-refractivity contribution in [3.8, 4) is 0 Å². The lowest BCUT2D eigenvalue weighted by molar-refractivity contribution is -0.176. The fraction of sp³-hybridized carbons (Fsp3) is 0.533. The lowest BCUT2D eigenvalue weighted by Gasteiger charge is -2.09. The van der Waals surface area contributed by atoms with Gasteiger partial charge in [-0.3, -0.25) is 0 Å². The lowest BCUT2D eigenvalue weighted by atomic mass is 10.1. The van der Waals surface area contributed by atoms with Crippen LogP contribution in [0, 0.1) is 5.92 Å². The Hall–Kier alpha value is -1.76. The van der Waals surface area contributed by atoms with Gasteiger partial charge < -0.3 is 15.8 Å². The first-order valence-corrected chi connectivity index (χ1v) is 7.02. The van der Waals surface area contributed by atoms with Crippen LogP contribution in [-0.4, -0.2) is 25.3 Å². The van der Waals surface area contributed by atoms with Gasteiger partial charge in [-0.05, 0) is 17.0 Å². The molecule has 0 atom stereocenters. The topological polar surface area (TPSA) is 59.6 Å². The van der Waals surface area contributed by atoms with E-state index in [2.05, 4.69) is 28.9 Å². The SMILES string of the molecule is CC(C)CNC(N)=NCc1cccc(COCC(F)(F)F)c1. The van der Waals surface area contributed by atoms with Crippen LogP contribution in [0.25, 0.3) is 0 Å². The fourth-order valence-corrected chi connectivity index (χ4v) is 1.64. The van der Waals surface area contributed by atoms with E-state index in [0.717, 1.165) is 12.1 Å². The number of rotatable bonds is 7. The molecule has 0 saturated carbocycles. The Labute approximate surface area is 128 Å². The third kappa shape index (κ3) is 8.51. The van der Waals surface area contributed by atoms with E-state index in [1.807, 2.05) is 6.07 Å². The summed E-state index contributed by atoms with van der Waals surface area (Å²) >= 11 is 0. The van der Waals surface area contributed by atoms with Crippen LogP contribution in [0.1, 0.15) is 25.0 Å². The average molecular weight is 317 g/mol. The Kier molecular flexibility index (Phi) is 7.17. The van der Waals surface area contributed by atoms with Crippen molar-refractivity contribution in [1.29, 1.82) is 0 Å². The van der Waals surface area contributed by atoms with E-state index < -0.39 is 12.8 Å². The zero-order valence-corrected chi connectivity index (χ0v) is 12.8. The number of benzene rings is 1. The minimum atomic E-state index is -4.31. The van der Waals surface area contributed by atoms with E-state index in [-0.39, 0.29) is 6.61 Å². The summed E-state index contributed by atoms with van der Waals surface area (Å²) in [4.78, 5) is 4.19. The van der Waals surface area contributed by atoms with Gasteiger partial charge in [0.1, 0.15) is 6.61 Å². The Morgan fingerprint density at radius 1 is 1.32 bits per heavy atom. The monoisotopic (exact) mass is 317 g/mol. The minimum absolute atomic E-state index is 0.0852. The Morgan fingerprint density at radius 3 is 2.64 bits per heavy atom. The van der Waals surface area contributed by atoms with E-state index in [0.29, 0.717) is 24.0 Å². The first kappa shape index (κ1) is 18.3. The molecule has 0 saturated heterocycles. The van der Waals surface area contributed by atoms with Gasteiger partial charge >= 0.3 is 6.18 Å². The van der Waals surface area contributed by atoms with Gasteiger partial charge in [-0.1, -0.05) is 38.1 Å². The molecule has 0 bridgehead atoms. The fourth-order valence-electron chi connectivity index (χ4n) is 1.64. The number of ether oxygens (including phenoxy) is 1. The third-order valence-electron chi connectivity index (χ3n) is 2.65. The molecule has 3 N–H and O–H groups in total. The molecule has 1 rings (SSSR count). The maximum atomic E-state index is 12.0. The number of aliphatic imine (C=N–C) groups is 1. The quantitative estimate of drug-likeness (QED) is 0.600. The molecule has 4 nitrogen and oxygen atoms in total. The summed E-state index contributed by atoms with van der Waals surface area (Å²) in [6.07, 6.45) is -4.31. The summed E-state index contributed by atoms with van der Waals surface area (Å²) in [6, 6.07) is 7.07. The van der Waals surface area contributed by atoms with Gasteiger partial charge in [0.25, 0.3) is 0 Å². The zero-order chi connectivity index (χ0) is 16.6. The average Bonchev–Trinajstić information content (AvgIpc) is 2.42. The van der Waals surface area contributed by atoms with Crippen LogP contribution < -0.4 is 11.1 Å². The van der Waals surface area contributed by atoms with Crippen molar-refractivity contribution >= 4 is 5.96 Å². The molecule has 124 valence electrons. The smallest absolute Gasteiger partial charge is 0.370 e. The maximum absolute atomic E-state index is 12.0. The number of hydrogen-bond donors (Lipinski definition) is 2. The van der Waals surface area contributed by atoms with Crippen molar-refractivity contribution < 1.29 is 17.9 Å². The molecule has 0 aromatic heterocycles. The molecule has 0 amide bonds. The summed E-state index contributed by atoms with van der Waals surface area (Å²) in [5.41, 5.74) is 7.26. The normalized spacial score (nSPS) is 12.7. The summed E-state index contributed by atoms with van der Waals surface area (Å²) in [6.45, 7) is 3.89. The molecule has 1 aromatic rings. The maximum Gasteiger partial charge on any atom is 0.411 e. The number of halogens is 3. The predicted octanol–water partition coefficient (Wildman–Crippen LogP) is 2.83. The zero-order valence-electron chi connectivity index (χ0n) is 12.8. The summed E-state index contributed by atoms with van der Waals surface area (Å²) in [7, 11) is 0. The van der Waals surface area contributed by atoms with Crippen LogP contribution in [0.3, 0.4) is 0 Å². The standard InChI is InChI=1S/C15H22F3N3O/c1-11(2)7-20-14(19)21-8-12-4-3-5-13(6-12)9-22-10-15(16,17)18/h3-6,11H,7-10H2,1-2H3,(H3,19,20,21). The van der Waals surface area contributed by atoms with Crippen molar-refractivity contribution in [1.82, 2.24) is 5.32 Å². The van der Waals surface area contributed by atoms with Crippen LogP contribution in [0.5, 0.6) is 0 Å². The molecule has 0 heterocycles. The van der Waals surface area contributed by atoms with Crippen molar-refractivity contribution in [3.05, 3.63) is 35.4 Å². The number of alkyl halides is 3. The van der Waals surface area contributed by atoms with Crippen LogP contribution in [0.2, 0.25) is 0 Å². The first-order chi connectivity index (χ1) is 10.3. The second-order valence-electron chi connectivity index (χ2n) is 5.40. The Bertz CT molecular complexity index is 487. The molecular weight excluding hydrogens is 295 g/mol. The molecule has 0 spiro atoms. The third-order valence-corrected chi connectivity index (χ3v) is 2.65. The highest BCUT2D eigenvalue weighted by molar-refractivity contribution is 5.77. The molecule has 0 fully saturated rings. The number of nitrogens with zero attached hydrogens (tertiary/aromatic N) is 1. The largest absolute Gasteiger partial charge is 0.411 e. The molecular formula is C15H22F3N3O. The molecule has 1 aromatic carbocycles. The Morgan fingerprint density at radius 2 is 2.00 bits per heavy atom. The van der Waals surface area contributed by atoms with E-state index in [1.54, 1.807) is 18.2 Å². The highest BCUT2D eigenvalue weighted by Gasteiger charge is 2.27. The predicted molar refractivity (Wildman–Crippen MR) is 80.3 cm³/mol. The second-order valence-corrected chi connectivity index (χ2v) is 5.40. The minimum Gasteiger partial charge on any atom is -0.370 e. The van der Waals surface area contributed by atoms with Gasteiger partial charge in [-0.15, -0.1) is 0 Å². The molecule has 0 aliphatic rings. The molecule has 7 heteroatoms.